The molecule has 0 aliphatic carbocycles. The predicted molar refractivity (Wildman–Crippen MR) is 183 cm³/mol. The van der Waals surface area contributed by atoms with Crippen molar-refractivity contribution in [1.82, 2.24) is 0 Å². The number of nitriles is 1. The van der Waals surface area contributed by atoms with Crippen LogP contribution in [0.4, 0.5) is 34.1 Å². The van der Waals surface area contributed by atoms with Crippen molar-refractivity contribution < 1.29 is 0 Å². The molecule has 0 radical (unpaired) electrons. The second-order valence-electron chi connectivity index (χ2n) is 13.4. The van der Waals surface area contributed by atoms with Crippen LogP contribution >= 0.6 is 0 Å². The molecule has 5 aromatic carbocycles. The van der Waals surface area contributed by atoms with Gasteiger partial charge in [0.05, 0.1) is 11.6 Å². The molecule has 0 aromatic heterocycles. The Balaban J connectivity index is 1.65. The van der Waals surface area contributed by atoms with Crippen LogP contribution in [0.3, 0.4) is 0 Å². The van der Waals surface area contributed by atoms with Gasteiger partial charge in [-0.2, -0.15) is 5.26 Å². The van der Waals surface area contributed by atoms with Crippen molar-refractivity contribution in [3.63, 3.8) is 0 Å². The molecule has 0 saturated carbocycles. The van der Waals surface area contributed by atoms with Crippen molar-refractivity contribution in [2.45, 2.75) is 53.9 Å². The molecule has 0 bridgehead atoms. The molecule has 0 atom stereocenters. The first-order chi connectivity index (χ1) is 20.5. The van der Waals surface area contributed by atoms with E-state index in [0.717, 1.165) is 11.4 Å². The fourth-order valence-electron chi connectivity index (χ4n) is 7.17. The Kier molecular flexibility index (Phi) is 6.08. The molecule has 2 aliphatic heterocycles. The van der Waals surface area contributed by atoms with E-state index in [4.69, 9.17) is 0 Å². The van der Waals surface area contributed by atoms with Crippen molar-refractivity contribution >= 4 is 57.2 Å². The molecule has 43 heavy (non-hydrogen) atoms. The maximum absolute atomic E-state index is 10.0. The highest BCUT2D eigenvalue weighted by atomic mass is 15.2. The molecule has 7 rings (SSSR count). The van der Waals surface area contributed by atoms with Crippen LogP contribution in [0.15, 0.2) is 91.0 Å². The average molecular weight is 558 g/mol. The number of nitrogens with zero attached hydrogens (tertiary/aromatic N) is 3. The van der Waals surface area contributed by atoms with Crippen LogP contribution in [0.5, 0.6) is 0 Å². The molecule has 2 aliphatic rings. The number of hydrogen-bond donors (Lipinski definition) is 0. The lowest BCUT2D eigenvalue weighted by Crippen LogP contribution is -2.61. The normalized spacial score (nSPS) is 13.3. The molecule has 4 heteroatoms. The number of aryl methyl sites for hydroxylation is 4. The Bertz CT molecular complexity index is 1930. The third kappa shape index (κ3) is 4.34. The maximum Gasteiger partial charge on any atom is 0.252 e. The quantitative estimate of drug-likeness (QED) is 0.201. The zero-order valence-electron chi connectivity index (χ0n) is 26.1. The van der Waals surface area contributed by atoms with Gasteiger partial charge in [0, 0.05) is 34.1 Å². The first kappa shape index (κ1) is 27.1. The Morgan fingerprint density at radius 1 is 0.581 bits per heavy atom. The van der Waals surface area contributed by atoms with Crippen LogP contribution in [0, 0.1) is 39.0 Å². The number of benzene rings is 5. The molecule has 0 unspecified atom stereocenters. The van der Waals surface area contributed by atoms with Crippen molar-refractivity contribution in [1.29, 1.82) is 5.26 Å². The van der Waals surface area contributed by atoms with E-state index in [-0.39, 0.29) is 12.1 Å². The summed E-state index contributed by atoms with van der Waals surface area (Å²) in [6.45, 7) is 15.6. The average Bonchev–Trinajstić information content (AvgIpc) is 2.95. The summed E-state index contributed by atoms with van der Waals surface area (Å²) >= 11 is 0. The van der Waals surface area contributed by atoms with Gasteiger partial charge in [0.2, 0.25) is 0 Å². The number of para-hydroxylation sites is 1. The summed E-state index contributed by atoms with van der Waals surface area (Å²) in [4.78, 5) is 4.91. The van der Waals surface area contributed by atoms with Crippen molar-refractivity contribution in [3.8, 4) is 6.07 Å². The lowest BCUT2D eigenvalue weighted by Gasteiger charge is -2.45. The first-order valence-electron chi connectivity index (χ1n) is 15.1. The van der Waals surface area contributed by atoms with E-state index in [0.29, 0.717) is 5.56 Å². The zero-order chi connectivity index (χ0) is 30.2. The fraction of sp³-hybridized carbons (Fsp3) is 0.205. The van der Waals surface area contributed by atoms with Gasteiger partial charge in [-0.05, 0) is 138 Å². The van der Waals surface area contributed by atoms with E-state index in [1.807, 2.05) is 6.07 Å². The monoisotopic (exact) mass is 557 g/mol. The van der Waals surface area contributed by atoms with Crippen LogP contribution in [0.2, 0.25) is 0 Å². The molecule has 0 spiro atoms. The minimum atomic E-state index is -0.0642. The predicted octanol–water partition coefficient (Wildman–Crippen LogP) is 8.17. The van der Waals surface area contributed by atoms with Crippen molar-refractivity contribution in [2.75, 3.05) is 9.80 Å². The van der Waals surface area contributed by atoms with Gasteiger partial charge in [0.1, 0.15) is 0 Å². The maximum atomic E-state index is 10.0. The summed E-state index contributed by atoms with van der Waals surface area (Å²) in [5.41, 5.74) is 17.6. The second kappa shape index (κ2) is 9.64. The first-order valence-corrected chi connectivity index (χ1v) is 15.1. The molecule has 5 aromatic rings. The molecule has 210 valence electrons. The highest BCUT2D eigenvalue weighted by Gasteiger charge is 2.44. The third-order valence-electron chi connectivity index (χ3n) is 8.90. The minimum Gasteiger partial charge on any atom is -0.311 e. The molecule has 0 fully saturated rings. The van der Waals surface area contributed by atoms with E-state index in [1.165, 1.54) is 67.0 Å². The lowest BCUT2D eigenvalue weighted by molar-refractivity contribution is 0.590. The SMILES string of the molecule is Cc1cc(C)cc(N2c3ccccc3B3c4cc(C#N)ccc4N(c4cc(C)cc(C)c4)c4cc(C(C)(C)C)cc2c43)c1. The Labute approximate surface area is 256 Å². The van der Waals surface area contributed by atoms with Crippen LogP contribution in [-0.2, 0) is 5.41 Å². The van der Waals surface area contributed by atoms with E-state index in [1.54, 1.807) is 0 Å². The van der Waals surface area contributed by atoms with Crippen molar-refractivity contribution in [3.05, 3.63) is 124 Å². The van der Waals surface area contributed by atoms with Gasteiger partial charge in [-0.25, -0.2) is 0 Å². The lowest BCUT2D eigenvalue weighted by atomic mass is 9.33. The molecule has 0 saturated heterocycles. The number of rotatable bonds is 2. The number of anilines is 6. The summed E-state index contributed by atoms with van der Waals surface area (Å²) in [5, 5.41) is 10.0. The van der Waals surface area contributed by atoms with Gasteiger partial charge in [-0.15, -0.1) is 0 Å². The van der Waals surface area contributed by atoms with Gasteiger partial charge < -0.3 is 9.80 Å². The summed E-state index contributed by atoms with van der Waals surface area (Å²) in [7, 11) is 0. The number of hydrogen-bond acceptors (Lipinski definition) is 3. The van der Waals surface area contributed by atoms with Gasteiger partial charge in [-0.1, -0.05) is 51.1 Å². The van der Waals surface area contributed by atoms with E-state index >= 15 is 0 Å². The zero-order valence-corrected chi connectivity index (χ0v) is 26.1. The summed E-state index contributed by atoms with van der Waals surface area (Å²) in [6, 6.07) is 35.9. The van der Waals surface area contributed by atoms with Crippen LogP contribution in [0.1, 0.15) is 54.2 Å². The Morgan fingerprint density at radius 2 is 1.09 bits per heavy atom. The second-order valence-corrected chi connectivity index (χ2v) is 13.4. The van der Waals surface area contributed by atoms with Gasteiger partial charge in [0.25, 0.3) is 6.71 Å². The summed E-state index contributed by atoms with van der Waals surface area (Å²) < 4.78 is 0. The Hall–Kier alpha value is -4.75. The van der Waals surface area contributed by atoms with E-state index in [2.05, 4.69) is 149 Å². The van der Waals surface area contributed by atoms with Gasteiger partial charge in [0.15, 0.2) is 0 Å². The van der Waals surface area contributed by atoms with Crippen LogP contribution in [-0.4, -0.2) is 6.71 Å². The molecular formula is C39H36BN3. The van der Waals surface area contributed by atoms with E-state index < -0.39 is 0 Å². The molecule has 0 amide bonds. The summed E-state index contributed by atoms with van der Waals surface area (Å²) in [5.74, 6) is 0. The third-order valence-corrected chi connectivity index (χ3v) is 8.90. The van der Waals surface area contributed by atoms with E-state index in [9.17, 15) is 5.26 Å². The van der Waals surface area contributed by atoms with Gasteiger partial charge >= 0.3 is 0 Å². The topological polar surface area (TPSA) is 30.3 Å². The number of fused-ring (bicyclic) bond motifs is 4. The smallest absolute Gasteiger partial charge is 0.252 e. The minimum absolute atomic E-state index is 0.00262. The standard InChI is InChI=1S/C39H36BN3/c1-24-14-25(2)17-30(16-24)42-34-11-9-8-10-32(34)40-33-20-28(23-41)12-13-35(33)43(31-18-26(3)15-27(4)19-31)37-22-29(39(5,6)7)21-36(42)38(37)40/h8-22H,1-7H3. The summed E-state index contributed by atoms with van der Waals surface area (Å²) in [6.07, 6.45) is 0. The molecule has 2 heterocycles. The Morgan fingerprint density at radius 3 is 1.60 bits per heavy atom. The fourth-order valence-corrected chi connectivity index (χ4v) is 7.17. The highest BCUT2D eigenvalue weighted by Crippen LogP contribution is 2.46. The van der Waals surface area contributed by atoms with Gasteiger partial charge in [-0.3, -0.25) is 0 Å². The molecular weight excluding hydrogens is 521 g/mol. The highest BCUT2D eigenvalue weighted by molar-refractivity contribution is 7.00. The largest absolute Gasteiger partial charge is 0.311 e. The van der Waals surface area contributed by atoms with Crippen LogP contribution in [0.25, 0.3) is 0 Å². The van der Waals surface area contributed by atoms with Crippen molar-refractivity contribution in [2.24, 2.45) is 0 Å². The molecule has 0 N–H and O–H groups in total. The molecule has 3 nitrogen and oxygen atoms in total. The van der Waals surface area contributed by atoms with Crippen LogP contribution < -0.4 is 26.2 Å².